The number of rotatable bonds is 10. The number of piperidine rings is 1. The van der Waals surface area contributed by atoms with Gasteiger partial charge in [0, 0.05) is 18.7 Å². The molecule has 3 rings (SSSR count). The van der Waals surface area contributed by atoms with Crippen LogP contribution >= 0.6 is 0 Å². The van der Waals surface area contributed by atoms with Gasteiger partial charge in [-0.25, -0.2) is 0 Å². The number of aliphatic hydroxyl groups is 1. The van der Waals surface area contributed by atoms with Crippen LogP contribution in [0.15, 0.2) is 18.2 Å². The van der Waals surface area contributed by atoms with Gasteiger partial charge in [0.15, 0.2) is 0 Å². The summed E-state index contributed by atoms with van der Waals surface area (Å²) in [6.07, 6.45) is 0.211. The van der Waals surface area contributed by atoms with Crippen molar-refractivity contribution in [1.29, 1.82) is 0 Å². The standard InChI is InChI=1S/C19H23N3O7/c23-6-8-29-10-9-28-7-5-20-12-1-2-13-14(11-12)19(27)22(18(13)26)15-3-4-16(24)21-17(15)25/h1-2,11,15,20,23H,3-10H2,(H,21,24,25). The summed E-state index contributed by atoms with van der Waals surface area (Å²) in [6, 6.07) is 3.83. The SMILES string of the molecule is O=C1CCC(N2C(=O)c3ccc(NCCOCCOCCO)cc3C2=O)C(=O)N1. The van der Waals surface area contributed by atoms with Gasteiger partial charge < -0.3 is 19.9 Å². The molecule has 0 aliphatic carbocycles. The number of aliphatic hydroxyl groups excluding tert-OH is 1. The summed E-state index contributed by atoms with van der Waals surface area (Å²) in [5, 5.41) is 13.9. The van der Waals surface area contributed by atoms with E-state index in [0.29, 0.717) is 32.1 Å². The van der Waals surface area contributed by atoms with E-state index >= 15 is 0 Å². The van der Waals surface area contributed by atoms with Gasteiger partial charge in [0.1, 0.15) is 6.04 Å². The Bertz CT molecular complexity index is 811. The molecule has 1 atom stereocenters. The smallest absolute Gasteiger partial charge is 0.262 e. The van der Waals surface area contributed by atoms with Crippen molar-refractivity contribution in [3.8, 4) is 0 Å². The molecule has 0 radical (unpaired) electrons. The van der Waals surface area contributed by atoms with Crippen molar-refractivity contribution in [2.75, 3.05) is 44.9 Å². The molecule has 2 aliphatic heterocycles. The lowest BCUT2D eigenvalue weighted by Crippen LogP contribution is -2.54. The van der Waals surface area contributed by atoms with Crippen LogP contribution in [-0.4, -0.2) is 79.3 Å². The van der Waals surface area contributed by atoms with Gasteiger partial charge in [-0.2, -0.15) is 0 Å². The van der Waals surface area contributed by atoms with E-state index in [4.69, 9.17) is 14.6 Å². The zero-order valence-electron chi connectivity index (χ0n) is 15.8. The van der Waals surface area contributed by atoms with Crippen LogP contribution in [0.4, 0.5) is 5.69 Å². The maximum Gasteiger partial charge on any atom is 0.262 e. The first-order chi connectivity index (χ1) is 14.0. The van der Waals surface area contributed by atoms with E-state index in [-0.39, 0.29) is 37.2 Å². The molecule has 10 nitrogen and oxygen atoms in total. The summed E-state index contributed by atoms with van der Waals surface area (Å²) in [4.78, 5) is 49.7. The first-order valence-corrected chi connectivity index (χ1v) is 9.38. The van der Waals surface area contributed by atoms with Crippen molar-refractivity contribution in [2.24, 2.45) is 0 Å². The number of benzene rings is 1. The van der Waals surface area contributed by atoms with E-state index in [2.05, 4.69) is 10.6 Å². The summed E-state index contributed by atoms with van der Waals surface area (Å²) in [5.41, 5.74) is 1.11. The molecule has 0 aromatic heterocycles. The maximum atomic E-state index is 12.7. The molecule has 1 unspecified atom stereocenters. The number of imide groups is 2. The molecule has 156 valence electrons. The second kappa shape index (κ2) is 9.59. The fourth-order valence-electron chi connectivity index (χ4n) is 3.24. The number of hydrogen-bond acceptors (Lipinski definition) is 8. The molecule has 10 heteroatoms. The summed E-state index contributed by atoms with van der Waals surface area (Å²) < 4.78 is 10.5. The second-order valence-electron chi connectivity index (χ2n) is 6.58. The average molecular weight is 405 g/mol. The highest BCUT2D eigenvalue weighted by Crippen LogP contribution is 2.29. The van der Waals surface area contributed by atoms with Crippen LogP contribution in [0, 0.1) is 0 Å². The molecule has 0 spiro atoms. The van der Waals surface area contributed by atoms with Crippen molar-refractivity contribution in [3.63, 3.8) is 0 Å². The summed E-state index contributed by atoms with van der Waals surface area (Å²) in [6.45, 7) is 1.94. The molecule has 1 aromatic carbocycles. The predicted octanol–water partition coefficient (Wildman–Crippen LogP) is -0.475. The van der Waals surface area contributed by atoms with Crippen molar-refractivity contribution < 1.29 is 33.8 Å². The molecule has 0 saturated carbocycles. The largest absolute Gasteiger partial charge is 0.394 e. The molecule has 3 N–H and O–H groups in total. The molecular weight excluding hydrogens is 382 g/mol. The van der Waals surface area contributed by atoms with E-state index < -0.39 is 29.7 Å². The Morgan fingerprint density at radius 1 is 1.03 bits per heavy atom. The van der Waals surface area contributed by atoms with Gasteiger partial charge in [0.25, 0.3) is 11.8 Å². The fraction of sp³-hybridized carbons (Fsp3) is 0.474. The minimum atomic E-state index is -0.974. The monoisotopic (exact) mass is 405 g/mol. The Labute approximate surface area is 167 Å². The number of nitrogens with one attached hydrogen (secondary N) is 2. The third-order valence-corrected chi connectivity index (χ3v) is 4.62. The Kier molecular flexibility index (Phi) is 6.91. The second-order valence-corrected chi connectivity index (χ2v) is 6.58. The lowest BCUT2D eigenvalue weighted by molar-refractivity contribution is -0.136. The number of fused-ring (bicyclic) bond motifs is 1. The minimum absolute atomic E-state index is 0.0257. The van der Waals surface area contributed by atoms with Crippen LogP contribution in [0.1, 0.15) is 33.6 Å². The summed E-state index contributed by atoms with van der Waals surface area (Å²) >= 11 is 0. The van der Waals surface area contributed by atoms with Crippen LogP contribution in [0.2, 0.25) is 0 Å². The molecule has 0 bridgehead atoms. The third-order valence-electron chi connectivity index (χ3n) is 4.62. The highest BCUT2D eigenvalue weighted by Gasteiger charge is 2.44. The van der Waals surface area contributed by atoms with Crippen molar-refractivity contribution in [3.05, 3.63) is 29.3 Å². The van der Waals surface area contributed by atoms with Crippen molar-refractivity contribution in [2.45, 2.75) is 18.9 Å². The zero-order chi connectivity index (χ0) is 20.8. The Morgan fingerprint density at radius 2 is 1.76 bits per heavy atom. The van der Waals surface area contributed by atoms with E-state index in [0.717, 1.165) is 4.90 Å². The topological polar surface area (TPSA) is 134 Å². The number of ether oxygens (including phenoxy) is 2. The number of carbonyl (C=O) groups is 4. The lowest BCUT2D eigenvalue weighted by atomic mass is 10.0. The molecule has 2 aliphatic rings. The molecule has 1 saturated heterocycles. The van der Waals surface area contributed by atoms with Crippen LogP contribution in [0.25, 0.3) is 0 Å². The molecule has 4 amide bonds. The first kappa shape index (κ1) is 20.9. The number of carbonyl (C=O) groups excluding carboxylic acids is 4. The normalized spacial score (nSPS) is 18.8. The summed E-state index contributed by atoms with van der Waals surface area (Å²) in [5.74, 6) is -2.11. The number of amides is 4. The molecule has 1 aromatic rings. The maximum absolute atomic E-state index is 12.7. The van der Waals surface area contributed by atoms with Gasteiger partial charge in [0.05, 0.1) is 44.2 Å². The van der Waals surface area contributed by atoms with E-state index in [1.54, 1.807) is 18.2 Å². The zero-order valence-corrected chi connectivity index (χ0v) is 15.8. The highest BCUT2D eigenvalue weighted by molar-refractivity contribution is 6.23. The third kappa shape index (κ3) is 4.78. The van der Waals surface area contributed by atoms with Gasteiger partial charge in [-0.05, 0) is 24.6 Å². The van der Waals surface area contributed by atoms with Gasteiger partial charge in [-0.3, -0.25) is 29.4 Å². The van der Waals surface area contributed by atoms with Crippen LogP contribution in [0.5, 0.6) is 0 Å². The van der Waals surface area contributed by atoms with E-state index in [1.807, 2.05) is 0 Å². The van der Waals surface area contributed by atoms with Gasteiger partial charge in [-0.15, -0.1) is 0 Å². The van der Waals surface area contributed by atoms with Gasteiger partial charge >= 0.3 is 0 Å². The Balaban J connectivity index is 1.55. The van der Waals surface area contributed by atoms with Crippen molar-refractivity contribution in [1.82, 2.24) is 10.2 Å². The van der Waals surface area contributed by atoms with E-state index in [9.17, 15) is 19.2 Å². The first-order valence-electron chi connectivity index (χ1n) is 9.38. The summed E-state index contributed by atoms with van der Waals surface area (Å²) in [7, 11) is 0. The Morgan fingerprint density at radius 3 is 2.48 bits per heavy atom. The number of nitrogens with zero attached hydrogens (tertiary/aromatic N) is 1. The fourth-order valence-corrected chi connectivity index (χ4v) is 3.24. The van der Waals surface area contributed by atoms with Crippen LogP contribution in [-0.2, 0) is 19.1 Å². The van der Waals surface area contributed by atoms with Crippen LogP contribution < -0.4 is 10.6 Å². The quantitative estimate of drug-likeness (QED) is 0.351. The molecule has 2 heterocycles. The predicted molar refractivity (Wildman–Crippen MR) is 100 cm³/mol. The number of anilines is 1. The average Bonchev–Trinajstić information content (AvgIpc) is 2.94. The van der Waals surface area contributed by atoms with E-state index in [1.165, 1.54) is 0 Å². The highest BCUT2D eigenvalue weighted by atomic mass is 16.5. The molecular formula is C19H23N3O7. The molecule has 29 heavy (non-hydrogen) atoms. The van der Waals surface area contributed by atoms with Gasteiger partial charge in [-0.1, -0.05) is 0 Å². The van der Waals surface area contributed by atoms with Gasteiger partial charge in [0.2, 0.25) is 11.8 Å². The molecule has 1 fully saturated rings. The lowest BCUT2D eigenvalue weighted by Gasteiger charge is -2.27. The van der Waals surface area contributed by atoms with Crippen molar-refractivity contribution >= 4 is 29.3 Å². The van der Waals surface area contributed by atoms with Crippen LogP contribution in [0.3, 0.4) is 0 Å². The minimum Gasteiger partial charge on any atom is -0.394 e. The number of hydrogen-bond donors (Lipinski definition) is 3. The Hall–Kier alpha value is -2.82.